The first-order valence-corrected chi connectivity index (χ1v) is 17.2. The Bertz CT molecular complexity index is 2970. The largest absolute Gasteiger partial charge is 0.309 e. The zero-order chi connectivity index (χ0) is 32.4. The number of aromatic nitrogens is 2. The van der Waals surface area contributed by atoms with Gasteiger partial charge in [-0.05, 0) is 92.3 Å². The van der Waals surface area contributed by atoms with Crippen molar-refractivity contribution in [3.63, 3.8) is 0 Å². The molecule has 0 atom stereocenters. The molecule has 0 bridgehead atoms. The SMILES string of the molecule is CC1(C)c2ccccc2-c2cc3c4c5c(ccc6ccccc65)ccc4n(-c4cccc(-n5c6ccccc6c6ccccc65)c4)c3cc21. The lowest BCUT2D eigenvalue weighted by Gasteiger charge is -2.21. The van der Waals surface area contributed by atoms with E-state index in [4.69, 9.17) is 0 Å². The third kappa shape index (κ3) is 3.50. The van der Waals surface area contributed by atoms with Crippen LogP contribution in [0.3, 0.4) is 0 Å². The Labute approximate surface area is 284 Å². The van der Waals surface area contributed by atoms with Gasteiger partial charge in [0.05, 0.1) is 22.1 Å². The summed E-state index contributed by atoms with van der Waals surface area (Å²) >= 11 is 0. The molecule has 2 heteroatoms. The van der Waals surface area contributed by atoms with Crippen molar-refractivity contribution in [2.75, 3.05) is 0 Å². The highest BCUT2D eigenvalue weighted by molar-refractivity contribution is 6.28. The number of nitrogens with zero attached hydrogens (tertiary/aromatic N) is 2. The van der Waals surface area contributed by atoms with Crippen molar-refractivity contribution >= 4 is 65.2 Å². The lowest BCUT2D eigenvalue weighted by atomic mass is 9.82. The second-order valence-corrected chi connectivity index (χ2v) is 14.2. The second kappa shape index (κ2) is 9.49. The third-order valence-electron chi connectivity index (χ3n) is 11.3. The first-order chi connectivity index (χ1) is 24.1. The van der Waals surface area contributed by atoms with Crippen molar-refractivity contribution in [1.29, 1.82) is 0 Å². The number of benzene rings is 8. The van der Waals surface area contributed by atoms with Gasteiger partial charge in [0.25, 0.3) is 0 Å². The number of hydrogen-bond acceptors (Lipinski definition) is 0. The van der Waals surface area contributed by atoms with E-state index < -0.39 is 0 Å². The minimum absolute atomic E-state index is 0.0962. The van der Waals surface area contributed by atoms with Crippen molar-refractivity contribution in [3.05, 3.63) is 169 Å². The van der Waals surface area contributed by atoms with E-state index in [2.05, 4.69) is 181 Å². The summed E-state index contributed by atoms with van der Waals surface area (Å²) < 4.78 is 4.94. The summed E-state index contributed by atoms with van der Waals surface area (Å²) in [5.41, 5.74) is 12.6. The van der Waals surface area contributed by atoms with Crippen LogP contribution in [0.4, 0.5) is 0 Å². The highest BCUT2D eigenvalue weighted by Gasteiger charge is 2.36. The predicted octanol–water partition coefficient (Wildman–Crippen LogP) is 12.5. The van der Waals surface area contributed by atoms with Crippen LogP contribution in [-0.2, 0) is 5.41 Å². The van der Waals surface area contributed by atoms with Gasteiger partial charge in [-0.15, -0.1) is 0 Å². The van der Waals surface area contributed by atoms with Gasteiger partial charge in [-0.25, -0.2) is 0 Å². The normalized spacial score (nSPS) is 13.7. The molecule has 0 saturated heterocycles. The van der Waals surface area contributed by atoms with E-state index in [9.17, 15) is 0 Å². The Morgan fingerprint density at radius 3 is 1.76 bits per heavy atom. The van der Waals surface area contributed by atoms with E-state index in [1.54, 1.807) is 0 Å². The highest BCUT2D eigenvalue weighted by Crippen LogP contribution is 2.52. The summed E-state index contributed by atoms with van der Waals surface area (Å²) in [6.45, 7) is 4.75. The number of fused-ring (bicyclic) bond motifs is 13. The van der Waals surface area contributed by atoms with Crippen molar-refractivity contribution in [2.24, 2.45) is 0 Å². The summed E-state index contributed by atoms with van der Waals surface area (Å²) in [7, 11) is 0. The number of rotatable bonds is 2. The molecule has 10 aromatic rings. The van der Waals surface area contributed by atoms with E-state index in [-0.39, 0.29) is 5.41 Å². The summed E-state index contributed by atoms with van der Waals surface area (Å²) in [5, 5.41) is 10.3. The number of para-hydroxylation sites is 2. The minimum Gasteiger partial charge on any atom is -0.309 e. The fourth-order valence-electron chi connectivity index (χ4n) is 9.05. The van der Waals surface area contributed by atoms with Gasteiger partial charge >= 0.3 is 0 Å². The van der Waals surface area contributed by atoms with E-state index in [0.29, 0.717) is 0 Å². The third-order valence-corrected chi connectivity index (χ3v) is 11.3. The van der Waals surface area contributed by atoms with Crippen LogP contribution in [0.5, 0.6) is 0 Å². The first-order valence-electron chi connectivity index (χ1n) is 17.2. The molecular weight excluding hydrogens is 593 g/mol. The Hall–Kier alpha value is -6.12. The zero-order valence-corrected chi connectivity index (χ0v) is 27.4. The Balaban J connectivity index is 1.28. The molecule has 2 aromatic heterocycles. The molecule has 0 radical (unpaired) electrons. The molecule has 0 amide bonds. The van der Waals surface area contributed by atoms with Crippen LogP contribution >= 0.6 is 0 Å². The molecule has 1 aliphatic carbocycles. The van der Waals surface area contributed by atoms with Crippen LogP contribution in [0.25, 0.3) is 87.7 Å². The van der Waals surface area contributed by atoms with Crippen molar-refractivity contribution in [1.82, 2.24) is 9.13 Å². The molecule has 11 rings (SSSR count). The van der Waals surface area contributed by atoms with Crippen molar-refractivity contribution < 1.29 is 0 Å². The molecule has 8 aromatic carbocycles. The second-order valence-electron chi connectivity index (χ2n) is 14.2. The molecule has 1 aliphatic rings. The van der Waals surface area contributed by atoms with Crippen LogP contribution in [0.15, 0.2) is 158 Å². The quantitative estimate of drug-likeness (QED) is 0.169. The van der Waals surface area contributed by atoms with E-state index in [0.717, 1.165) is 11.4 Å². The summed E-state index contributed by atoms with van der Waals surface area (Å²) in [5.74, 6) is 0. The average Bonchev–Trinajstić information content (AvgIpc) is 3.74. The summed E-state index contributed by atoms with van der Waals surface area (Å²) in [6, 6.07) is 58.6. The predicted molar refractivity (Wildman–Crippen MR) is 208 cm³/mol. The van der Waals surface area contributed by atoms with Crippen molar-refractivity contribution in [3.8, 4) is 22.5 Å². The fraction of sp³-hybridized carbons (Fsp3) is 0.0638. The van der Waals surface area contributed by atoms with Gasteiger partial charge in [-0.1, -0.05) is 123 Å². The monoisotopic (exact) mass is 624 g/mol. The Morgan fingerprint density at radius 2 is 0.980 bits per heavy atom. The van der Waals surface area contributed by atoms with Crippen LogP contribution in [-0.4, -0.2) is 9.13 Å². The fourth-order valence-corrected chi connectivity index (χ4v) is 9.05. The molecule has 0 unspecified atom stereocenters. The maximum atomic E-state index is 2.52. The lowest BCUT2D eigenvalue weighted by molar-refractivity contribution is 0.661. The van der Waals surface area contributed by atoms with Gasteiger partial charge in [0, 0.05) is 38.3 Å². The molecule has 0 N–H and O–H groups in total. The van der Waals surface area contributed by atoms with E-state index >= 15 is 0 Å². The molecular formula is C47H32N2. The molecule has 0 saturated carbocycles. The van der Waals surface area contributed by atoms with E-state index in [1.165, 1.54) is 87.4 Å². The molecule has 230 valence electrons. The Morgan fingerprint density at radius 1 is 0.367 bits per heavy atom. The molecule has 2 nitrogen and oxygen atoms in total. The molecule has 0 fully saturated rings. The van der Waals surface area contributed by atoms with Gasteiger partial charge in [-0.3, -0.25) is 0 Å². The molecule has 0 spiro atoms. The zero-order valence-electron chi connectivity index (χ0n) is 27.4. The molecule has 49 heavy (non-hydrogen) atoms. The molecule has 0 aliphatic heterocycles. The van der Waals surface area contributed by atoms with Gasteiger partial charge in [0.1, 0.15) is 0 Å². The Kier molecular flexibility index (Phi) is 5.21. The van der Waals surface area contributed by atoms with Crippen LogP contribution < -0.4 is 0 Å². The van der Waals surface area contributed by atoms with Crippen molar-refractivity contribution in [2.45, 2.75) is 19.3 Å². The smallest absolute Gasteiger partial charge is 0.0547 e. The summed E-state index contributed by atoms with van der Waals surface area (Å²) in [4.78, 5) is 0. The van der Waals surface area contributed by atoms with Gasteiger partial charge in [0.15, 0.2) is 0 Å². The standard InChI is InChI=1S/C47H32N2/c1-47(2)39-19-8-5-16-34(39)37-27-38-44(28-40(37)47)49(43-25-24-30-23-22-29-12-3-4-15-33(29)45(30)46(38)43)32-14-11-13-31(26-32)48-41-20-9-6-17-35(41)36-18-7-10-21-42(36)48/h3-28H,1-2H3. The lowest BCUT2D eigenvalue weighted by Crippen LogP contribution is -2.15. The van der Waals surface area contributed by atoms with Crippen LogP contribution in [0, 0.1) is 0 Å². The maximum Gasteiger partial charge on any atom is 0.0547 e. The topological polar surface area (TPSA) is 9.86 Å². The summed E-state index contributed by atoms with van der Waals surface area (Å²) in [6.07, 6.45) is 0. The van der Waals surface area contributed by atoms with Crippen LogP contribution in [0.1, 0.15) is 25.0 Å². The van der Waals surface area contributed by atoms with E-state index in [1.807, 2.05) is 0 Å². The number of hydrogen-bond donors (Lipinski definition) is 0. The van der Waals surface area contributed by atoms with Crippen LogP contribution in [0.2, 0.25) is 0 Å². The first kappa shape index (κ1) is 26.9. The van der Waals surface area contributed by atoms with Gasteiger partial charge < -0.3 is 9.13 Å². The van der Waals surface area contributed by atoms with Gasteiger partial charge in [0.2, 0.25) is 0 Å². The highest BCUT2D eigenvalue weighted by atomic mass is 15.0. The van der Waals surface area contributed by atoms with Gasteiger partial charge in [-0.2, -0.15) is 0 Å². The average molecular weight is 625 g/mol. The minimum atomic E-state index is -0.0962. The maximum absolute atomic E-state index is 2.52. The molecule has 2 heterocycles.